The molecule has 4 rings (SSSR count). The molecular formula is C26H29N5O5. The number of anilines is 1. The lowest BCUT2D eigenvalue weighted by Gasteiger charge is -2.27. The summed E-state index contributed by atoms with van der Waals surface area (Å²) in [6.07, 6.45) is 3.59. The molecule has 1 fully saturated rings. The van der Waals surface area contributed by atoms with Crippen LogP contribution in [0.1, 0.15) is 24.5 Å². The summed E-state index contributed by atoms with van der Waals surface area (Å²) >= 11 is 0. The molecule has 2 aromatic carbocycles. The van der Waals surface area contributed by atoms with Gasteiger partial charge in [0, 0.05) is 18.8 Å². The quantitative estimate of drug-likeness (QED) is 0.462. The van der Waals surface area contributed by atoms with Crippen LogP contribution in [0.2, 0.25) is 0 Å². The summed E-state index contributed by atoms with van der Waals surface area (Å²) in [5, 5.41) is 7.00. The number of nitrogens with zero attached hydrogens (tertiary/aromatic N) is 4. The van der Waals surface area contributed by atoms with Gasteiger partial charge in [-0.1, -0.05) is 37.3 Å². The maximum atomic E-state index is 13.6. The number of urea groups is 1. The van der Waals surface area contributed by atoms with Gasteiger partial charge < -0.3 is 19.7 Å². The third kappa shape index (κ3) is 4.49. The molecule has 36 heavy (non-hydrogen) atoms. The van der Waals surface area contributed by atoms with Crippen LogP contribution in [0.3, 0.4) is 0 Å². The fourth-order valence-electron chi connectivity index (χ4n) is 4.40. The van der Waals surface area contributed by atoms with E-state index in [1.165, 1.54) is 4.90 Å². The summed E-state index contributed by atoms with van der Waals surface area (Å²) in [5.74, 6) is 0.270. The number of carbonyl (C=O) groups excluding carboxylic acids is 3. The molecule has 0 saturated carbocycles. The monoisotopic (exact) mass is 491 g/mol. The van der Waals surface area contributed by atoms with Gasteiger partial charge >= 0.3 is 6.03 Å². The van der Waals surface area contributed by atoms with E-state index in [2.05, 4.69) is 10.4 Å². The van der Waals surface area contributed by atoms with Gasteiger partial charge in [0.2, 0.25) is 5.91 Å². The third-order valence-electron chi connectivity index (χ3n) is 6.39. The van der Waals surface area contributed by atoms with Gasteiger partial charge in [-0.2, -0.15) is 5.10 Å². The standard InChI is InChI=1S/C26H29N5O5/c1-5-26(19-9-7-6-8-10-19)24(33)31(25(34)28-26)17-23(32)30(20-14-27-29(2)16-20)15-18-13-21(35-3)11-12-22(18)36-4/h6-14,16H,5,15,17H2,1-4H3,(H,28,34). The van der Waals surface area contributed by atoms with Crippen molar-refractivity contribution in [3.05, 3.63) is 72.1 Å². The Hall–Kier alpha value is -4.34. The van der Waals surface area contributed by atoms with E-state index in [0.717, 1.165) is 4.90 Å². The average molecular weight is 492 g/mol. The maximum Gasteiger partial charge on any atom is 0.325 e. The van der Waals surface area contributed by atoms with Gasteiger partial charge in [0.05, 0.1) is 32.6 Å². The molecule has 10 nitrogen and oxygen atoms in total. The Morgan fingerprint density at radius 1 is 1.11 bits per heavy atom. The predicted molar refractivity (Wildman–Crippen MR) is 133 cm³/mol. The van der Waals surface area contributed by atoms with E-state index in [1.54, 1.807) is 68.7 Å². The van der Waals surface area contributed by atoms with Gasteiger partial charge in [0.1, 0.15) is 23.6 Å². The zero-order valence-electron chi connectivity index (χ0n) is 20.7. The van der Waals surface area contributed by atoms with Crippen LogP contribution >= 0.6 is 0 Å². The van der Waals surface area contributed by atoms with Crippen molar-refractivity contribution in [3.63, 3.8) is 0 Å². The molecule has 2 heterocycles. The van der Waals surface area contributed by atoms with Crippen molar-refractivity contribution in [2.75, 3.05) is 25.7 Å². The van der Waals surface area contributed by atoms with E-state index in [-0.39, 0.29) is 6.54 Å². The molecule has 0 spiro atoms. The second-order valence-corrected chi connectivity index (χ2v) is 8.48. The van der Waals surface area contributed by atoms with Crippen molar-refractivity contribution >= 4 is 23.5 Å². The number of methoxy groups -OCH3 is 2. The number of amides is 4. The summed E-state index contributed by atoms with van der Waals surface area (Å²) in [4.78, 5) is 42.6. The van der Waals surface area contributed by atoms with Crippen LogP contribution in [-0.4, -0.2) is 53.3 Å². The highest BCUT2D eigenvalue weighted by Gasteiger charge is 2.51. The number of benzene rings is 2. The number of aryl methyl sites for hydroxylation is 1. The molecule has 0 aliphatic carbocycles. The highest BCUT2D eigenvalue weighted by molar-refractivity contribution is 6.10. The average Bonchev–Trinajstić information content (AvgIpc) is 3.43. The number of aromatic nitrogens is 2. The third-order valence-corrected chi connectivity index (χ3v) is 6.39. The molecule has 1 aliphatic heterocycles. The number of hydrogen-bond acceptors (Lipinski definition) is 6. The van der Waals surface area contributed by atoms with Gasteiger partial charge in [-0.25, -0.2) is 4.79 Å². The molecule has 0 bridgehead atoms. The second-order valence-electron chi connectivity index (χ2n) is 8.48. The van der Waals surface area contributed by atoms with Gasteiger partial charge in [-0.15, -0.1) is 0 Å². The van der Waals surface area contributed by atoms with E-state index in [1.807, 2.05) is 25.1 Å². The molecule has 4 amide bonds. The molecule has 1 aromatic heterocycles. The Morgan fingerprint density at radius 3 is 2.47 bits per heavy atom. The maximum absolute atomic E-state index is 13.6. The molecule has 1 atom stereocenters. The topological polar surface area (TPSA) is 106 Å². The normalized spacial score (nSPS) is 17.2. The summed E-state index contributed by atoms with van der Waals surface area (Å²) < 4.78 is 12.4. The van der Waals surface area contributed by atoms with Crippen molar-refractivity contribution in [3.8, 4) is 11.5 Å². The molecule has 1 aliphatic rings. The summed E-state index contributed by atoms with van der Waals surface area (Å²) in [5.41, 5.74) is 0.669. The van der Waals surface area contributed by atoms with E-state index in [0.29, 0.717) is 34.7 Å². The lowest BCUT2D eigenvalue weighted by Crippen LogP contribution is -2.45. The first-order valence-electron chi connectivity index (χ1n) is 11.5. The van der Waals surface area contributed by atoms with E-state index in [9.17, 15) is 14.4 Å². The van der Waals surface area contributed by atoms with E-state index >= 15 is 0 Å². The van der Waals surface area contributed by atoms with E-state index in [4.69, 9.17) is 9.47 Å². The van der Waals surface area contributed by atoms with Crippen LogP contribution in [0.25, 0.3) is 0 Å². The number of imide groups is 1. The number of rotatable bonds is 9. The Kier molecular flexibility index (Phi) is 6.96. The number of carbonyl (C=O) groups is 3. The first-order valence-corrected chi connectivity index (χ1v) is 11.5. The molecule has 1 saturated heterocycles. The van der Waals surface area contributed by atoms with Crippen LogP contribution in [0.15, 0.2) is 60.9 Å². The van der Waals surface area contributed by atoms with Gasteiger partial charge in [-0.05, 0) is 30.2 Å². The first-order chi connectivity index (χ1) is 17.3. The molecule has 188 valence electrons. The van der Waals surface area contributed by atoms with Gasteiger partial charge in [0.25, 0.3) is 5.91 Å². The summed E-state index contributed by atoms with van der Waals surface area (Å²) in [6, 6.07) is 13.7. The lowest BCUT2D eigenvalue weighted by atomic mass is 9.87. The fraction of sp³-hybridized carbons (Fsp3) is 0.308. The Labute approximate surface area is 209 Å². The van der Waals surface area contributed by atoms with Gasteiger partial charge in [0.15, 0.2) is 0 Å². The van der Waals surface area contributed by atoms with Crippen LogP contribution < -0.4 is 19.7 Å². The fourth-order valence-corrected chi connectivity index (χ4v) is 4.40. The first kappa shape index (κ1) is 24.8. The Balaban J connectivity index is 1.64. The van der Waals surface area contributed by atoms with Crippen LogP contribution in [0, 0.1) is 0 Å². The van der Waals surface area contributed by atoms with E-state index < -0.39 is 29.9 Å². The smallest absolute Gasteiger partial charge is 0.325 e. The minimum Gasteiger partial charge on any atom is -0.497 e. The summed E-state index contributed by atoms with van der Waals surface area (Å²) in [6.45, 7) is 1.51. The minimum absolute atomic E-state index is 0.117. The SMILES string of the molecule is CCC1(c2ccccc2)NC(=O)N(CC(=O)N(Cc2cc(OC)ccc2OC)c2cnn(C)c2)C1=O. The van der Waals surface area contributed by atoms with Crippen LogP contribution in [0.5, 0.6) is 11.5 Å². The van der Waals surface area contributed by atoms with Crippen molar-refractivity contribution < 1.29 is 23.9 Å². The zero-order chi connectivity index (χ0) is 25.9. The number of hydrogen-bond donors (Lipinski definition) is 1. The molecule has 1 N–H and O–H groups in total. The highest BCUT2D eigenvalue weighted by atomic mass is 16.5. The molecule has 3 aromatic rings. The number of nitrogens with one attached hydrogen (secondary N) is 1. The molecular weight excluding hydrogens is 462 g/mol. The van der Waals surface area contributed by atoms with Crippen molar-refractivity contribution in [1.82, 2.24) is 20.0 Å². The summed E-state index contributed by atoms with van der Waals surface area (Å²) in [7, 11) is 4.84. The second kappa shape index (κ2) is 10.1. The largest absolute Gasteiger partial charge is 0.497 e. The van der Waals surface area contributed by atoms with Crippen LogP contribution in [-0.2, 0) is 28.7 Å². The lowest BCUT2D eigenvalue weighted by molar-refractivity contribution is -0.134. The zero-order valence-corrected chi connectivity index (χ0v) is 20.7. The van der Waals surface area contributed by atoms with Crippen molar-refractivity contribution in [1.29, 1.82) is 0 Å². The molecule has 10 heteroatoms. The Bertz CT molecular complexity index is 1270. The molecule has 0 radical (unpaired) electrons. The van der Waals surface area contributed by atoms with Gasteiger partial charge in [-0.3, -0.25) is 19.2 Å². The number of ether oxygens (including phenoxy) is 2. The molecule has 1 unspecified atom stereocenters. The highest BCUT2D eigenvalue weighted by Crippen LogP contribution is 2.33. The van der Waals surface area contributed by atoms with Crippen LogP contribution in [0.4, 0.5) is 10.5 Å². The Morgan fingerprint density at radius 2 is 1.86 bits per heavy atom. The predicted octanol–water partition coefficient (Wildman–Crippen LogP) is 2.83. The van der Waals surface area contributed by atoms with Crippen molar-refractivity contribution in [2.24, 2.45) is 7.05 Å². The minimum atomic E-state index is -1.21. The van der Waals surface area contributed by atoms with Crippen molar-refractivity contribution in [2.45, 2.75) is 25.4 Å².